The molecule has 3 heterocycles. The molecule has 0 radical (unpaired) electrons. The van der Waals surface area contributed by atoms with Crippen LogP contribution in [-0.4, -0.2) is 30.2 Å². The average Bonchev–Trinajstić information content (AvgIpc) is 3.51. The van der Waals surface area contributed by atoms with Gasteiger partial charge >= 0.3 is 6.09 Å². The summed E-state index contributed by atoms with van der Waals surface area (Å²) >= 11 is 1.96. The second-order valence-corrected chi connectivity index (χ2v) is 9.81. The normalized spacial score (nSPS) is 26.4. The van der Waals surface area contributed by atoms with Gasteiger partial charge in [0, 0.05) is 35.2 Å². The molecule has 1 aromatic heterocycles. The molecule has 5 heteroatoms. The van der Waals surface area contributed by atoms with Crippen LogP contribution in [-0.2, 0) is 34.5 Å². The fourth-order valence-corrected chi connectivity index (χ4v) is 6.15. The summed E-state index contributed by atoms with van der Waals surface area (Å²) in [6.07, 6.45) is 6.13. The molecule has 2 aromatic rings. The van der Waals surface area contributed by atoms with Crippen LogP contribution in [0.5, 0.6) is 0 Å². The first-order valence-corrected chi connectivity index (χ1v) is 11.7. The summed E-state index contributed by atoms with van der Waals surface area (Å²) in [5.41, 5.74) is 2.23. The Labute approximate surface area is 176 Å². The second-order valence-electron chi connectivity index (χ2n) is 8.59. The number of fused-ring (bicyclic) bond motifs is 2. The first-order chi connectivity index (χ1) is 14.2. The number of carbonyl (C=O) groups excluding carboxylic acids is 1. The summed E-state index contributed by atoms with van der Waals surface area (Å²) in [7, 11) is 0. The third kappa shape index (κ3) is 3.71. The maximum absolute atomic E-state index is 12.9. The molecule has 1 spiro atoms. The summed E-state index contributed by atoms with van der Waals surface area (Å²) in [4.78, 5) is 17.9. The number of rotatable bonds is 4. The summed E-state index contributed by atoms with van der Waals surface area (Å²) in [6, 6.07) is 12.5. The number of aryl methyl sites for hydroxylation is 1. The summed E-state index contributed by atoms with van der Waals surface area (Å²) < 4.78 is 12.2. The molecule has 5 rings (SSSR count). The third-order valence-corrected chi connectivity index (χ3v) is 8.05. The van der Waals surface area contributed by atoms with Crippen LogP contribution in [0.25, 0.3) is 0 Å². The van der Waals surface area contributed by atoms with E-state index in [0.29, 0.717) is 19.1 Å². The number of hydrogen-bond acceptors (Lipinski definition) is 4. The Hall–Kier alpha value is -1.85. The van der Waals surface area contributed by atoms with Gasteiger partial charge in [-0.25, -0.2) is 4.79 Å². The predicted molar refractivity (Wildman–Crippen MR) is 114 cm³/mol. The van der Waals surface area contributed by atoms with Gasteiger partial charge < -0.3 is 14.4 Å². The molecule has 1 saturated carbocycles. The molecule has 1 amide bonds. The molecule has 154 valence electrons. The van der Waals surface area contributed by atoms with Gasteiger partial charge in [0.15, 0.2) is 0 Å². The SMILES string of the molecule is CCc1cc2c(s1)CCOC21CCN(C(=O)OCc2ccccc2)C(C2CC2)C1. The van der Waals surface area contributed by atoms with E-state index in [9.17, 15) is 4.79 Å². The number of nitrogens with zero attached hydrogens (tertiary/aromatic N) is 1. The van der Waals surface area contributed by atoms with Crippen molar-refractivity contribution in [3.8, 4) is 0 Å². The van der Waals surface area contributed by atoms with Gasteiger partial charge in [-0.1, -0.05) is 37.3 Å². The predicted octanol–water partition coefficient (Wildman–Crippen LogP) is 5.29. The highest BCUT2D eigenvalue weighted by atomic mass is 32.1. The monoisotopic (exact) mass is 411 g/mol. The lowest BCUT2D eigenvalue weighted by Gasteiger charge is -2.48. The number of amides is 1. The molecule has 4 nitrogen and oxygen atoms in total. The van der Waals surface area contributed by atoms with Crippen molar-refractivity contribution in [2.75, 3.05) is 13.2 Å². The molecular weight excluding hydrogens is 382 g/mol. The molecule has 2 fully saturated rings. The lowest BCUT2D eigenvalue weighted by Crippen LogP contribution is -2.54. The molecule has 29 heavy (non-hydrogen) atoms. The number of benzene rings is 1. The van der Waals surface area contributed by atoms with Crippen LogP contribution in [0.15, 0.2) is 36.4 Å². The van der Waals surface area contributed by atoms with Crippen molar-refractivity contribution in [1.29, 1.82) is 0 Å². The van der Waals surface area contributed by atoms with E-state index in [2.05, 4.69) is 13.0 Å². The zero-order valence-corrected chi connectivity index (χ0v) is 17.9. The Bertz CT molecular complexity index is 876. The van der Waals surface area contributed by atoms with Gasteiger partial charge in [0.05, 0.1) is 12.2 Å². The van der Waals surface area contributed by atoms with Crippen LogP contribution >= 0.6 is 11.3 Å². The van der Waals surface area contributed by atoms with Crippen molar-refractivity contribution >= 4 is 17.4 Å². The first-order valence-electron chi connectivity index (χ1n) is 10.9. The lowest BCUT2D eigenvalue weighted by molar-refractivity contribution is -0.112. The number of piperidine rings is 1. The zero-order valence-electron chi connectivity index (χ0n) is 17.1. The standard InChI is InChI=1S/C24H29NO3S/c1-2-19-14-20-22(29-19)10-13-28-24(20)11-12-25(21(15-24)18-8-9-18)23(26)27-16-17-6-4-3-5-7-17/h3-7,14,18,21H,2,8-13,15-16H2,1H3. The van der Waals surface area contributed by atoms with Gasteiger partial charge in [-0.05, 0) is 48.8 Å². The highest BCUT2D eigenvalue weighted by molar-refractivity contribution is 7.12. The van der Waals surface area contributed by atoms with Gasteiger partial charge in [0.2, 0.25) is 0 Å². The minimum atomic E-state index is -0.207. The van der Waals surface area contributed by atoms with Crippen LogP contribution in [0.2, 0.25) is 0 Å². The largest absolute Gasteiger partial charge is 0.445 e. The fourth-order valence-electron chi connectivity index (χ4n) is 4.97. The lowest BCUT2D eigenvalue weighted by atomic mass is 9.78. The van der Waals surface area contributed by atoms with Crippen molar-refractivity contribution in [2.24, 2.45) is 5.92 Å². The number of thiophene rings is 1. The average molecular weight is 412 g/mol. The smallest absolute Gasteiger partial charge is 0.410 e. The Balaban J connectivity index is 1.33. The number of hydrogen-bond donors (Lipinski definition) is 0. The van der Waals surface area contributed by atoms with Crippen molar-refractivity contribution in [3.63, 3.8) is 0 Å². The van der Waals surface area contributed by atoms with Gasteiger partial charge in [-0.15, -0.1) is 11.3 Å². The van der Waals surface area contributed by atoms with Crippen LogP contribution in [0.1, 0.15) is 53.5 Å². The molecule has 2 aliphatic heterocycles. The van der Waals surface area contributed by atoms with Crippen molar-refractivity contribution in [1.82, 2.24) is 4.90 Å². The molecule has 1 aromatic carbocycles. The molecule has 1 aliphatic carbocycles. The number of carbonyl (C=O) groups is 1. The van der Waals surface area contributed by atoms with E-state index in [0.717, 1.165) is 37.9 Å². The maximum atomic E-state index is 12.9. The highest BCUT2D eigenvalue weighted by Crippen LogP contribution is 2.50. The molecule has 2 atom stereocenters. The zero-order chi connectivity index (χ0) is 19.8. The van der Waals surface area contributed by atoms with Gasteiger partial charge in [-0.3, -0.25) is 0 Å². The second kappa shape index (κ2) is 7.77. The molecule has 2 unspecified atom stereocenters. The Kier molecular flexibility index (Phi) is 5.12. The van der Waals surface area contributed by atoms with Crippen LogP contribution in [0.4, 0.5) is 4.79 Å². The van der Waals surface area contributed by atoms with E-state index in [1.54, 1.807) is 0 Å². The minimum absolute atomic E-state index is 0.170. The first kappa shape index (κ1) is 19.1. The van der Waals surface area contributed by atoms with E-state index in [1.165, 1.54) is 28.2 Å². The summed E-state index contributed by atoms with van der Waals surface area (Å²) in [5.74, 6) is 0.592. The van der Waals surface area contributed by atoms with Crippen LogP contribution in [0, 0.1) is 5.92 Å². The van der Waals surface area contributed by atoms with Crippen LogP contribution in [0.3, 0.4) is 0 Å². The van der Waals surface area contributed by atoms with E-state index in [1.807, 2.05) is 46.6 Å². The van der Waals surface area contributed by atoms with Gasteiger partial charge in [0.1, 0.15) is 6.61 Å². The van der Waals surface area contributed by atoms with Crippen LogP contribution < -0.4 is 0 Å². The topological polar surface area (TPSA) is 38.8 Å². The van der Waals surface area contributed by atoms with Gasteiger partial charge in [0.25, 0.3) is 0 Å². The summed E-state index contributed by atoms with van der Waals surface area (Å²) in [5, 5.41) is 0. The Morgan fingerprint density at radius 1 is 1.31 bits per heavy atom. The molecule has 0 bridgehead atoms. The minimum Gasteiger partial charge on any atom is -0.445 e. The summed E-state index contributed by atoms with van der Waals surface area (Å²) in [6.45, 7) is 4.07. The van der Waals surface area contributed by atoms with Crippen molar-refractivity contribution in [2.45, 2.75) is 63.7 Å². The van der Waals surface area contributed by atoms with Gasteiger partial charge in [-0.2, -0.15) is 0 Å². The highest BCUT2D eigenvalue weighted by Gasteiger charge is 2.51. The Morgan fingerprint density at radius 2 is 2.14 bits per heavy atom. The Morgan fingerprint density at radius 3 is 2.90 bits per heavy atom. The third-order valence-electron chi connectivity index (χ3n) is 6.71. The molecule has 0 N–H and O–H groups in total. The molecular formula is C24H29NO3S. The van der Waals surface area contributed by atoms with E-state index in [4.69, 9.17) is 9.47 Å². The fraction of sp³-hybridized carbons (Fsp3) is 0.542. The molecule has 1 saturated heterocycles. The number of ether oxygens (including phenoxy) is 2. The van der Waals surface area contributed by atoms with E-state index in [-0.39, 0.29) is 17.7 Å². The quantitative estimate of drug-likeness (QED) is 0.686. The van der Waals surface area contributed by atoms with Crippen molar-refractivity contribution < 1.29 is 14.3 Å². The van der Waals surface area contributed by atoms with E-state index >= 15 is 0 Å². The van der Waals surface area contributed by atoms with Crippen molar-refractivity contribution in [3.05, 3.63) is 57.3 Å². The number of likely N-dealkylation sites (tertiary alicyclic amines) is 1. The van der Waals surface area contributed by atoms with E-state index < -0.39 is 0 Å². The maximum Gasteiger partial charge on any atom is 0.410 e. The molecule has 3 aliphatic rings.